The van der Waals surface area contributed by atoms with Gasteiger partial charge in [-0.2, -0.15) is 0 Å². The lowest BCUT2D eigenvalue weighted by Gasteiger charge is -2.35. The van der Waals surface area contributed by atoms with Crippen LogP contribution in [0.3, 0.4) is 0 Å². The summed E-state index contributed by atoms with van der Waals surface area (Å²) in [6.45, 7) is 3.76. The molecule has 1 heterocycles. The number of fused-ring (bicyclic) bond motifs is 1. The number of nitrogens with one attached hydrogen (secondary N) is 1. The Morgan fingerprint density at radius 1 is 1.53 bits per heavy atom. The maximum atomic E-state index is 11.7. The number of hydrogen-bond donors (Lipinski definition) is 2. The van der Waals surface area contributed by atoms with E-state index in [-0.39, 0.29) is 19.0 Å². The summed E-state index contributed by atoms with van der Waals surface area (Å²) in [5, 5.41) is 12.0. The number of rotatable bonds is 3. The van der Waals surface area contributed by atoms with Gasteiger partial charge in [-0.05, 0) is 32.0 Å². The van der Waals surface area contributed by atoms with Gasteiger partial charge in [0.25, 0.3) is 0 Å². The molecular weight excluding hydrogens is 312 g/mol. The average Bonchev–Trinajstić information content (AvgIpc) is 2.27. The van der Waals surface area contributed by atoms with Gasteiger partial charge in [-0.1, -0.05) is 15.9 Å². The fourth-order valence-electron chi connectivity index (χ4n) is 2.02. The van der Waals surface area contributed by atoms with Crippen LogP contribution in [0.25, 0.3) is 0 Å². The Balaban J connectivity index is 2.33. The number of hydrogen-bond acceptors (Lipinski definition) is 3. The lowest BCUT2D eigenvalue weighted by atomic mass is 9.92. The normalized spacial score (nSPS) is 14.9. The van der Waals surface area contributed by atoms with Crippen molar-refractivity contribution in [2.24, 2.45) is 5.41 Å². The fourth-order valence-corrected chi connectivity index (χ4v) is 2.38. The number of nitrogens with zero attached hydrogens (tertiary/aromatic N) is 1. The molecular formula is C13H15BrN2O3. The van der Waals surface area contributed by atoms with Crippen LogP contribution in [0, 0.1) is 5.41 Å². The van der Waals surface area contributed by atoms with Crippen molar-refractivity contribution in [3.05, 3.63) is 22.7 Å². The third kappa shape index (κ3) is 2.89. The summed E-state index contributed by atoms with van der Waals surface area (Å²) in [7, 11) is 0. The van der Waals surface area contributed by atoms with Crippen LogP contribution in [0.2, 0.25) is 0 Å². The van der Waals surface area contributed by atoms with Gasteiger partial charge in [0.05, 0.1) is 23.3 Å². The van der Waals surface area contributed by atoms with E-state index < -0.39 is 11.4 Å². The zero-order chi connectivity index (χ0) is 14.2. The van der Waals surface area contributed by atoms with Crippen LogP contribution < -0.4 is 10.2 Å². The first-order valence-electron chi connectivity index (χ1n) is 5.87. The zero-order valence-corrected chi connectivity index (χ0v) is 12.3. The molecule has 0 saturated carbocycles. The van der Waals surface area contributed by atoms with Crippen molar-refractivity contribution in [3.63, 3.8) is 0 Å². The molecule has 102 valence electrons. The molecule has 0 aromatic heterocycles. The summed E-state index contributed by atoms with van der Waals surface area (Å²) in [4.78, 5) is 24.7. The number of carbonyl (C=O) groups excluding carboxylic acids is 1. The predicted molar refractivity (Wildman–Crippen MR) is 76.4 cm³/mol. The van der Waals surface area contributed by atoms with Gasteiger partial charge in [0, 0.05) is 11.0 Å². The van der Waals surface area contributed by atoms with E-state index in [0.29, 0.717) is 5.69 Å². The van der Waals surface area contributed by atoms with Crippen LogP contribution >= 0.6 is 15.9 Å². The summed E-state index contributed by atoms with van der Waals surface area (Å²) >= 11 is 3.35. The van der Waals surface area contributed by atoms with Crippen molar-refractivity contribution in [1.29, 1.82) is 0 Å². The molecule has 2 rings (SSSR count). The number of anilines is 2. The van der Waals surface area contributed by atoms with Gasteiger partial charge in [0.15, 0.2) is 0 Å². The maximum Gasteiger partial charge on any atom is 0.310 e. The monoisotopic (exact) mass is 326 g/mol. The number of carbonyl (C=O) groups is 2. The van der Waals surface area contributed by atoms with E-state index in [1.54, 1.807) is 18.7 Å². The van der Waals surface area contributed by atoms with Crippen molar-refractivity contribution in [1.82, 2.24) is 0 Å². The third-order valence-corrected chi connectivity index (χ3v) is 3.57. The first-order chi connectivity index (χ1) is 8.79. The van der Waals surface area contributed by atoms with E-state index >= 15 is 0 Å². The molecule has 0 atom stereocenters. The highest BCUT2D eigenvalue weighted by atomic mass is 79.9. The highest BCUT2D eigenvalue weighted by Gasteiger charge is 2.33. The molecule has 0 bridgehead atoms. The van der Waals surface area contributed by atoms with E-state index in [4.69, 9.17) is 0 Å². The summed E-state index contributed by atoms with van der Waals surface area (Å²) in [6, 6.07) is 5.56. The highest BCUT2D eigenvalue weighted by molar-refractivity contribution is 9.10. The number of halogens is 1. The quantitative estimate of drug-likeness (QED) is 0.894. The minimum atomic E-state index is -0.915. The molecule has 1 aromatic rings. The molecule has 0 aliphatic carbocycles. The Bertz CT molecular complexity index is 543. The molecule has 0 spiro atoms. The van der Waals surface area contributed by atoms with E-state index in [0.717, 1.165) is 10.2 Å². The number of carboxylic acid groups (broad SMARTS) is 1. The van der Waals surface area contributed by atoms with Gasteiger partial charge >= 0.3 is 5.97 Å². The molecule has 19 heavy (non-hydrogen) atoms. The van der Waals surface area contributed by atoms with E-state index in [1.165, 1.54) is 0 Å². The number of amides is 1. The van der Waals surface area contributed by atoms with Gasteiger partial charge in [-0.25, -0.2) is 0 Å². The first-order valence-corrected chi connectivity index (χ1v) is 6.67. The predicted octanol–water partition coefficient (Wildman–Crippen LogP) is 2.32. The minimum absolute atomic E-state index is 0.133. The molecule has 0 saturated heterocycles. The van der Waals surface area contributed by atoms with Crippen LogP contribution in [0.15, 0.2) is 22.7 Å². The SMILES string of the molecule is CC(C)(CN1CC(=O)Nc2cc(Br)ccc21)C(=O)O. The minimum Gasteiger partial charge on any atom is -0.481 e. The Hall–Kier alpha value is -1.56. The second-order valence-corrected chi connectivity index (χ2v) is 6.17. The molecule has 1 amide bonds. The molecule has 0 radical (unpaired) electrons. The Kier molecular flexibility index (Phi) is 3.54. The van der Waals surface area contributed by atoms with E-state index in [1.807, 2.05) is 18.2 Å². The molecule has 1 aromatic carbocycles. The molecule has 5 nitrogen and oxygen atoms in total. The largest absolute Gasteiger partial charge is 0.481 e. The summed E-state index contributed by atoms with van der Waals surface area (Å²) in [5.74, 6) is -1.01. The van der Waals surface area contributed by atoms with Crippen molar-refractivity contribution in [2.75, 3.05) is 23.3 Å². The topological polar surface area (TPSA) is 69.6 Å². The van der Waals surface area contributed by atoms with Crippen molar-refractivity contribution < 1.29 is 14.7 Å². The number of aliphatic carboxylic acids is 1. The molecule has 0 unspecified atom stereocenters. The number of carboxylic acids is 1. The summed E-state index contributed by atoms with van der Waals surface area (Å²) in [5.41, 5.74) is 0.631. The molecule has 6 heteroatoms. The van der Waals surface area contributed by atoms with Crippen molar-refractivity contribution in [3.8, 4) is 0 Å². The van der Waals surface area contributed by atoms with Crippen LogP contribution in [-0.2, 0) is 9.59 Å². The van der Waals surface area contributed by atoms with E-state index in [2.05, 4.69) is 21.2 Å². The lowest BCUT2D eigenvalue weighted by Crippen LogP contribution is -2.45. The van der Waals surface area contributed by atoms with Crippen molar-refractivity contribution in [2.45, 2.75) is 13.8 Å². The Labute approximate surface area is 119 Å². The smallest absolute Gasteiger partial charge is 0.310 e. The van der Waals surface area contributed by atoms with Crippen molar-refractivity contribution >= 4 is 39.2 Å². The van der Waals surface area contributed by atoms with Crippen LogP contribution in [0.4, 0.5) is 11.4 Å². The molecule has 0 fully saturated rings. The van der Waals surface area contributed by atoms with Crippen LogP contribution in [0.5, 0.6) is 0 Å². The zero-order valence-electron chi connectivity index (χ0n) is 10.7. The van der Waals surface area contributed by atoms with Gasteiger partial charge < -0.3 is 15.3 Å². The number of benzene rings is 1. The van der Waals surface area contributed by atoms with Crippen LogP contribution in [0.1, 0.15) is 13.8 Å². The summed E-state index contributed by atoms with van der Waals surface area (Å²) < 4.78 is 0.867. The van der Waals surface area contributed by atoms with Gasteiger partial charge in [0.2, 0.25) is 5.91 Å². The van der Waals surface area contributed by atoms with E-state index in [9.17, 15) is 14.7 Å². The van der Waals surface area contributed by atoms with Gasteiger partial charge in [0.1, 0.15) is 0 Å². The van der Waals surface area contributed by atoms with Gasteiger partial charge in [-0.15, -0.1) is 0 Å². The molecule has 2 N–H and O–H groups in total. The van der Waals surface area contributed by atoms with Gasteiger partial charge in [-0.3, -0.25) is 9.59 Å². The first kappa shape index (κ1) is 13.9. The maximum absolute atomic E-state index is 11.7. The average molecular weight is 327 g/mol. The fraction of sp³-hybridized carbons (Fsp3) is 0.385. The summed E-state index contributed by atoms with van der Waals surface area (Å²) in [6.07, 6.45) is 0. The molecule has 1 aliphatic rings. The molecule has 1 aliphatic heterocycles. The Morgan fingerprint density at radius 3 is 2.84 bits per heavy atom. The standard InChI is InChI=1S/C13H15BrN2O3/c1-13(2,12(18)19)7-16-6-11(17)15-9-5-8(14)3-4-10(9)16/h3-5H,6-7H2,1-2H3,(H,15,17)(H,18,19). The second-order valence-electron chi connectivity index (χ2n) is 5.25. The third-order valence-electron chi connectivity index (χ3n) is 3.07. The highest BCUT2D eigenvalue weighted by Crippen LogP contribution is 2.34. The lowest BCUT2D eigenvalue weighted by molar-refractivity contribution is -0.146. The second kappa shape index (κ2) is 4.85. The Morgan fingerprint density at radius 2 is 2.21 bits per heavy atom. The van der Waals surface area contributed by atoms with Crippen LogP contribution in [-0.4, -0.2) is 30.1 Å².